The molecule has 0 aromatic carbocycles. The average molecular weight is 198 g/mol. The van der Waals surface area contributed by atoms with Crippen molar-refractivity contribution in [3.63, 3.8) is 0 Å². The van der Waals surface area contributed by atoms with E-state index in [1.54, 1.807) is 7.11 Å². The molecule has 1 N–H and O–H groups in total. The van der Waals surface area contributed by atoms with Gasteiger partial charge in [0.2, 0.25) is 5.91 Å². The fraction of sp³-hybridized carbons (Fsp3) is 0.900. The summed E-state index contributed by atoms with van der Waals surface area (Å²) < 4.78 is 4.88. The van der Waals surface area contributed by atoms with Gasteiger partial charge < -0.3 is 15.0 Å². The second-order valence-electron chi connectivity index (χ2n) is 4.13. The van der Waals surface area contributed by atoms with Crippen LogP contribution in [0.5, 0.6) is 0 Å². The number of fused-ring (bicyclic) bond motifs is 1. The Kier molecular flexibility index (Phi) is 3.03. The van der Waals surface area contributed by atoms with E-state index in [0.717, 1.165) is 25.6 Å². The van der Waals surface area contributed by atoms with Crippen LogP contribution >= 0.6 is 0 Å². The van der Waals surface area contributed by atoms with Crippen LogP contribution in [0.1, 0.15) is 12.8 Å². The van der Waals surface area contributed by atoms with Gasteiger partial charge in [-0.05, 0) is 25.3 Å². The second-order valence-corrected chi connectivity index (χ2v) is 4.13. The normalized spacial score (nSPS) is 31.6. The monoisotopic (exact) mass is 198 g/mol. The zero-order valence-corrected chi connectivity index (χ0v) is 8.66. The topological polar surface area (TPSA) is 41.6 Å². The predicted molar refractivity (Wildman–Crippen MR) is 53.0 cm³/mol. The number of methoxy groups -OCH3 is 1. The fourth-order valence-electron chi connectivity index (χ4n) is 2.58. The van der Waals surface area contributed by atoms with Crippen molar-refractivity contribution in [1.82, 2.24) is 10.2 Å². The Hall–Kier alpha value is -0.610. The van der Waals surface area contributed by atoms with E-state index < -0.39 is 0 Å². The highest BCUT2D eigenvalue weighted by Gasteiger charge is 2.37. The molecule has 0 unspecified atom stereocenters. The zero-order valence-electron chi connectivity index (χ0n) is 8.66. The van der Waals surface area contributed by atoms with Gasteiger partial charge in [-0.15, -0.1) is 0 Å². The number of carbonyl (C=O) groups excluding carboxylic acids is 1. The molecule has 2 atom stereocenters. The summed E-state index contributed by atoms with van der Waals surface area (Å²) in [6.07, 6.45) is 2.38. The maximum absolute atomic E-state index is 11.7. The minimum atomic E-state index is 0.142. The first-order valence-electron chi connectivity index (χ1n) is 5.32. The third kappa shape index (κ3) is 1.77. The standard InChI is InChI=1S/C10H18N2O2/c1-14-7-10(13)12-5-3-8-2-4-11-6-9(8)12/h8-9,11H,2-7H2,1H3/t8-,9-/m0/s1. The lowest BCUT2D eigenvalue weighted by molar-refractivity contribution is -0.136. The third-order valence-corrected chi connectivity index (χ3v) is 3.32. The van der Waals surface area contributed by atoms with Crippen molar-refractivity contribution in [2.75, 3.05) is 33.4 Å². The van der Waals surface area contributed by atoms with E-state index in [4.69, 9.17) is 4.74 Å². The first-order chi connectivity index (χ1) is 6.83. The number of rotatable bonds is 2. The molecule has 2 aliphatic rings. The molecular formula is C10H18N2O2. The molecule has 4 nitrogen and oxygen atoms in total. The van der Waals surface area contributed by atoms with Gasteiger partial charge in [-0.1, -0.05) is 0 Å². The van der Waals surface area contributed by atoms with E-state index in [9.17, 15) is 4.79 Å². The summed E-state index contributed by atoms with van der Waals surface area (Å²) >= 11 is 0. The number of ether oxygens (including phenoxy) is 1. The number of amides is 1. The van der Waals surface area contributed by atoms with Crippen molar-refractivity contribution in [3.8, 4) is 0 Å². The van der Waals surface area contributed by atoms with Crippen LogP contribution in [0.3, 0.4) is 0 Å². The van der Waals surface area contributed by atoms with Crippen LogP contribution < -0.4 is 5.32 Å². The van der Waals surface area contributed by atoms with Crippen molar-refractivity contribution in [2.24, 2.45) is 5.92 Å². The smallest absolute Gasteiger partial charge is 0.248 e. The van der Waals surface area contributed by atoms with Gasteiger partial charge in [0, 0.05) is 26.2 Å². The number of nitrogens with one attached hydrogen (secondary N) is 1. The molecule has 2 aliphatic heterocycles. The fourth-order valence-corrected chi connectivity index (χ4v) is 2.58. The molecule has 2 rings (SSSR count). The maximum atomic E-state index is 11.7. The molecular weight excluding hydrogens is 180 g/mol. The lowest BCUT2D eigenvalue weighted by atomic mass is 9.93. The van der Waals surface area contributed by atoms with Gasteiger partial charge in [-0.3, -0.25) is 4.79 Å². The van der Waals surface area contributed by atoms with Gasteiger partial charge in [0.15, 0.2) is 0 Å². The molecule has 0 saturated carbocycles. The Labute approximate surface area is 84.6 Å². The summed E-state index contributed by atoms with van der Waals surface area (Å²) in [4.78, 5) is 13.7. The Morgan fingerprint density at radius 2 is 2.43 bits per heavy atom. The maximum Gasteiger partial charge on any atom is 0.248 e. The summed E-state index contributed by atoms with van der Waals surface area (Å²) in [6, 6.07) is 0.423. The number of carbonyl (C=O) groups is 1. The van der Waals surface area contributed by atoms with Crippen molar-refractivity contribution in [2.45, 2.75) is 18.9 Å². The first-order valence-corrected chi connectivity index (χ1v) is 5.32. The average Bonchev–Trinajstić information content (AvgIpc) is 2.61. The summed E-state index contributed by atoms with van der Waals surface area (Å²) in [5.74, 6) is 0.862. The van der Waals surface area contributed by atoms with Crippen molar-refractivity contribution in [1.29, 1.82) is 0 Å². The van der Waals surface area contributed by atoms with Gasteiger partial charge in [0.05, 0.1) is 0 Å². The number of nitrogens with zero attached hydrogens (tertiary/aromatic N) is 1. The number of piperidine rings is 1. The molecule has 0 aromatic heterocycles. The van der Waals surface area contributed by atoms with Crippen LogP contribution in [-0.2, 0) is 9.53 Å². The molecule has 0 radical (unpaired) electrons. The predicted octanol–water partition coefficient (Wildman–Crippen LogP) is -0.157. The summed E-state index contributed by atoms with van der Waals surface area (Å²) in [7, 11) is 1.57. The van der Waals surface area contributed by atoms with Gasteiger partial charge in [0.1, 0.15) is 6.61 Å². The number of hydrogen-bond donors (Lipinski definition) is 1. The van der Waals surface area contributed by atoms with Crippen LogP contribution in [0.25, 0.3) is 0 Å². The van der Waals surface area contributed by atoms with E-state index in [0.29, 0.717) is 6.04 Å². The summed E-state index contributed by atoms with van der Waals surface area (Å²) in [6.45, 7) is 3.20. The number of hydrogen-bond acceptors (Lipinski definition) is 3. The molecule has 0 spiro atoms. The molecule has 80 valence electrons. The van der Waals surface area contributed by atoms with Crippen LogP contribution in [-0.4, -0.2) is 50.2 Å². The highest BCUT2D eigenvalue weighted by Crippen LogP contribution is 2.28. The molecule has 2 heterocycles. The van der Waals surface area contributed by atoms with Crippen molar-refractivity contribution < 1.29 is 9.53 Å². The second kappa shape index (κ2) is 4.28. The Morgan fingerprint density at radius 1 is 1.57 bits per heavy atom. The minimum absolute atomic E-state index is 0.142. The summed E-state index contributed by atoms with van der Waals surface area (Å²) in [5.41, 5.74) is 0. The largest absolute Gasteiger partial charge is 0.375 e. The van der Waals surface area contributed by atoms with Gasteiger partial charge in [-0.25, -0.2) is 0 Å². The van der Waals surface area contributed by atoms with Crippen LogP contribution in [0.4, 0.5) is 0 Å². The molecule has 2 saturated heterocycles. The van der Waals surface area contributed by atoms with Crippen molar-refractivity contribution in [3.05, 3.63) is 0 Å². The zero-order chi connectivity index (χ0) is 9.97. The highest BCUT2D eigenvalue weighted by molar-refractivity contribution is 5.78. The minimum Gasteiger partial charge on any atom is -0.375 e. The Bertz CT molecular complexity index is 220. The van der Waals surface area contributed by atoms with Gasteiger partial charge in [-0.2, -0.15) is 0 Å². The molecule has 0 aromatic rings. The summed E-state index contributed by atoms with van der Waals surface area (Å²) in [5, 5.41) is 3.35. The van der Waals surface area contributed by atoms with Gasteiger partial charge in [0.25, 0.3) is 0 Å². The van der Waals surface area contributed by atoms with Crippen LogP contribution in [0, 0.1) is 5.92 Å². The lowest BCUT2D eigenvalue weighted by Crippen LogP contribution is -2.48. The lowest BCUT2D eigenvalue weighted by Gasteiger charge is -2.32. The van der Waals surface area contributed by atoms with E-state index in [1.165, 1.54) is 12.8 Å². The highest BCUT2D eigenvalue weighted by atomic mass is 16.5. The molecule has 2 fully saturated rings. The molecule has 1 amide bonds. The van der Waals surface area contributed by atoms with Crippen molar-refractivity contribution >= 4 is 5.91 Å². The molecule has 0 aliphatic carbocycles. The van der Waals surface area contributed by atoms with Crippen LogP contribution in [0.15, 0.2) is 0 Å². The molecule has 0 bridgehead atoms. The van der Waals surface area contributed by atoms with E-state index in [2.05, 4.69) is 5.32 Å². The third-order valence-electron chi connectivity index (χ3n) is 3.32. The van der Waals surface area contributed by atoms with Crippen LogP contribution in [0.2, 0.25) is 0 Å². The SMILES string of the molecule is COCC(=O)N1CC[C@@H]2CCNC[C@@H]21. The molecule has 14 heavy (non-hydrogen) atoms. The number of likely N-dealkylation sites (tertiary alicyclic amines) is 1. The quantitative estimate of drug-likeness (QED) is 0.670. The first kappa shape index (κ1) is 9.93. The van der Waals surface area contributed by atoms with E-state index >= 15 is 0 Å². The van der Waals surface area contributed by atoms with E-state index in [1.807, 2.05) is 4.90 Å². The van der Waals surface area contributed by atoms with Gasteiger partial charge >= 0.3 is 0 Å². The Balaban J connectivity index is 1.96. The van der Waals surface area contributed by atoms with E-state index in [-0.39, 0.29) is 12.5 Å². The molecule has 4 heteroatoms. The Morgan fingerprint density at radius 3 is 3.21 bits per heavy atom.